The zero-order valence-corrected chi connectivity index (χ0v) is 14.5. The summed E-state index contributed by atoms with van der Waals surface area (Å²) in [5.41, 5.74) is 3.44. The molecule has 0 bridgehead atoms. The maximum absolute atomic E-state index is 12.6. The van der Waals surface area contributed by atoms with Gasteiger partial charge in [0.15, 0.2) is 0 Å². The van der Waals surface area contributed by atoms with Crippen LogP contribution in [0.25, 0.3) is 0 Å². The fraction of sp³-hybridized carbons (Fsp3) is 0.368. The predicted molar refractivity (Wildman–Crippen MR) is 95.2 cm³/mol. The normalized spacial score (nSPS) is 17.2. The molecule has 1 saturated heterocycles. The predicted octanol–water partition coefficient (Wildman–Crippen LogP) is 2.58. The van der Waals surface area contributed by atoms with Crippen LogP contribution in [0.5, 0.6) is 0 Å². The van der Waals surface area contributed by atoms with E-state index < -0.39 is 0 Å². The molecule has 2 amide bonds. The second-order valence-electron chi connectivity index (χ2n) is 6.47. The molecule has 3 rings (SSSR count). The van der Waals surface area contributed by atoms with Crippen molar-refractivity contribution in [1.82, 2.24) is 14.9 Å². The summed E-state index contributed by atoms with van der Waals surface area (Å²) < 4.78 is 0. The molecule has 1 aromatic heterocycles. The average molecular weight is 338 g/mol. The van der Waals surface area contributed by atoms with Crippen LogP contribution >= 0.6 is 0 Å². The second-order valence-corrected chi connectivity index (χ2v) is 6.47. The highest BCUT2D eigenvalue weighted by atomic mass is 16.2. The van der Waals surface area contributed by atoms with Gasteiger partial charge in [0.25, 0.3) is 5.91 Å². The lowest BCUT2D eigenvalue weighted by molar-refractivity contribution is -0.121. The van der Waals surface area contributed by atoms with Gasteiger partial charge >= 0.3 is 0 Å². The summed E-state index contributed by atoms with van der Waals surface area (Å²) in [4.78, 5) is 34.8. The van der Waals surface area contributed by atoms with Gasteiger partial charge in [-0.25, -0.2) is 4.98 Å². The summed E-state index contributed by atoms with van der Waals surface area (Å²) in [5, 5.41) is 2.97. The number of hydrogen-bond donors (Lipinski definition) is 1. The lowest BCUT2D eigenvalue weighted by Crippen LogP contribution is -2.44. The van der Waals surface area contributed by atoms with Gasteiger partial charge in [0.2, 0.25) is 5.91 Å². The maximum Gasteiger partial charge on any atom is 0.274 e. The third-order valence-electron chi connectivity index (χ3n) is 4.64. The number of anilines is 1. The number of likely N-dealkylation sites (tertiary alicyclic amines) is 1. The summed E-state index contributed by atoms with van der Waals surface area (Å²) in [6.07, 6.45) is 6.08. The van der Waals surface area contributed by atoms with Gasteiger partial charge in [-0.15, -0.1) is 0 Å². The number of piperidine rings is 1. The molecule has 6 nitrogen and oxygen atoms in total. The standard InChI is InChI=1S/C19H22N4O2/c1-13-5-6-16(10-14(13)2)22-18(24)15-4-3-9-23(12-15)19(25)17-11-20-7-8-21-17/h5-8,10-11,15H,3-4,9,12H2,1-2H3,(H,22,24). The number of nitrogens with zero attached hydrogens (tertiary/aromatic N) is 3. The van der Waals surface area contributed by atoms with Gasteiger partial charge in [-0.05, 0) is 49.9 Å². The number of carbonyl (C=O) groups excluding carboxylic acids is 2. The maximum atomic E-state index is 12.6. The Balaban J connectivity index is 1.65. The van der Waals surface area contributed by atoms with Gasteiger partial charge < -0.3 is 10.2 Å². The summed E-state index contributed by atoms with van der Waals surface area (Å²) in [7, 11) is 0. The molecule has 1 N–H and O–H groups in total. The SMILES string of the molecule is Cc1ccc(NC(=O)C2CCCN(C(=O)c3cnccn3)C2)cc1C. The molecule has 0 spiro atoms. The van der Waals surface area contributed by atoms with Crippen molar-refractivity contribution in [2.45, 2.75) is 26.7 Å². The van der Waals surface area contributed by atoms with Crippen molar-refractivity contribution in [2.75, 3.05) is 18.4 Å². The van der Waals surface area contributed by atoms with Crippen molar-refractivity contribution in [1.29, 1.82) is 0 Å². The molecule has 1 aliphatic heterocycles. The Bertz CT molecular complexity index is 776. The summed E-state index contributed by atoms with van der Waals surface area (Å²) in [6.45, 7) is 5.11. The fourth-order valence-corrected chi connectivity index (χ4v) is 3.01. The molecule has 1 aromatic carbocycles. The van der Waals surface area contributed by atoms with Crippen molar-refractivity contribution >= 4 is 17.5 Å². The molecule has 2 heterocycles. The van der Waals surface area contributed by atoms with Crippen LogP contribution < -0.4 is 5.32 Å². The Labute approximate surface area is 147 Å². The van der Waals surface area contributed by atoms with E-state index in [9.17, 15) is 9.59 Å². The highest BCUT2D eigenvalue weighted by Gasteiger charge is 2.29. The van der Waals surface area contributed by atoms with E-state index in [4.69, 9.17) is 0 Å². The molecule has 25 heavy (non-hydrogen) atoms. The number of nitrogens with one attached hydrogen (secondary N) is 1. The topological polar surface area (TPSA) is 75.2 Å². The minimum absolute atomic E-state index is 0.0418. The van der Waals surface area contributed by atoms with E-state index in [-0.39, 0.29) is 17.7 Å². The minimum Gasteiger partial charge on any atom is -0.336 e. The first-order valence-corrected chi connectivity index (χ1v) is 8.48. The van der Waals surface area contributed by atoms with Gasteiger partial charge in [0.1, 0.15) is 5.69 Å². The van der Waals surface area contributed by atoms with Crippen LogP contribution in [0, 0.1) is 19.8 Å². The first kappa shape index (κ1) is 17.1. The smallest absolute Gasteiger partial charge is 0.274 e. The minimum atomic E-state index is -0.212. The Morgan fingerprint density at radius 3 is 2.76 bits per heavy atom. The molecule has 0 radical (unpaired) electrons. The zero-order valence-electron chi connectivity index (χ0n) is 14.5. The van der Waals surface area contributed by atoms with E-state index in [1.165, 1.54) is 24.2 Å². The third-order valence-corrected chi connectivity index (χ3v) is 4.64. The zero-order chi connectivity index (χ0) is 17.8. The molecule has 0 saturated carbocycles. The van der Waals surface area contributed by atoms with Crippen LogP contribution in [0.15, 0.2) is 36.8 Å². The number of aryl methyl sites for hydroxylation is 2. The number of aromatic nitrogens is 2. The summed E-state index contributed by atoms with van der Waals surface area (Å²) >= 11 is 0. The lowest BCUT2D eigenvalue weighted by Gasteiger charge is -2.31. The number of benzene rings is 1. The van der Waals surface area contributed by atoms with Crippen LogP contribution in [-0.2, 0) is 4.79 Å². The number of rotatable bonds is 3. The average Bonchev–Trinajstić information content (AvgIpc) is 2.65. The van der Waals surface area contributed by atoms with E-state index in [2.05, 4.69) is 15.3 Å². The van der Waals surface area contributed by atoms with Gasteiger partial charge in [0, 0.05) is 31.2 Å². The van der Waals surface area contributed by atoms with Gasteiger partial charge in [-0.1, -0.05) is 6.07 Å². The monoisotopic (exact) mass is 338 g/mol. The fourth-order valence-electron chi connectivity index (χ4n) is 3.01. The van der Waals surface area contributed by atoms with E-state index >= 15 is 0 Å². The van der Waals surface area contributed by atoms with Crippen LogP contribution in [-0.4, -0.2) is 39.8 Å². The van der Waals surface area contributed by atoms with Crippen LogP contribution in [0.2, 0.25) is 0 Å². The van der Waals surface area contributed by atoms with E-state index in [1.807, 2.05) is 32.0 Å². The van der Waals surface area contributed by atoms with E-state index in [0.29, 0.717) is 18.8 Å². The Kier molecular flexibility index (Phi) is 5.07. The first-order valence-electron chi connectivity index (χ1n) is 8.48. The molecule has 2 aromatic rings. The van der Waals surface area contributed by atoms with Crippen molar-refractivity contribution < 1.29 is 9.59 Å². The molecule has 1 atom stereocenters. The van der Waals surface area contributed by atoms with Gasteiger partial charge in [-0.3, -0.25) is 14.6 Å². The molecular formula is C19H22N4O2. The lowest BCUT2D eigenvalue weighted by atomic mass is 9.96. The number of amides is 2. The first-order chi connectivity index (χ1) is 12.0. The Hall–Kier alpha value is -2.76. The molecule has 1 unspecified atom stereocenters. The quantitative estimate of drug-likeness (QED) is 0.933. The molecule has 6 heteroatoms. The Morgan fingerprint density at radius 2 is 2.04 bits per heavy atom. The Morgan fingerprint density at radius 1 is 1.20 bits per heavy atom. The summed E-state index contributed by atoms with van der Waals surface area (Å²) in [5.74, 6) is -0.423. The number of hydrogen-bond acceptors (Lipinski definition) is 4. The van der Waals surface area contributed by atoms with E-state index in [1.54, 1.807) is 4.90 Å². The van der Waals surface area contributed by atoms with Crippen LogP contribution in [0.4, 0.5) is 5.69 Å². The van der Waals surface area contributed by atoms with Gasteiger partial charge in [-0.2, -0.15) is 0 Å². The summed E-state index contributed by atoms with van der Waals surface area (Å²) in [6, 6.07) is 5.87. The molecule has 1 fully saturated rings. The molecule has 130 valence electrons. The largest absolute Gasteiger partial charge is 0.336 e. The molecular weight excluding hydrogens is 316 g/mol. The van der Waals surface area contributed by atoms with Crippen molar-refractivity contribution in [3.05, 3.63) is 53.6 Å². The van der Waals surface area contributed by atoms with Crippen LogP contribution in [0.3, 0.4) is 0 Å². The van der Waals surface area contributed by atoms with Crippen LogP contribution in [0.1, 0.15) is 34.5 Å². The van der Waals surface area contributed by atoms with Crippen molar-refractivity contribution in [3.63, 3.8) is 0 Å². The highest BCUT2D eigenvalue weighted by molar-refractivity contribution is 5.95. The molecule has 0 aliphatic carbocycles. The van der Waals surface area contributed by atoms with E-state index in [0.717, 1.165) is 24.1 Å². The highest BCUT2D eigenvalue weighted by Crippen LogP contribution is 2.21. The van der Waals surface area contributed by atoms with Gasteiger partial charge in [0.05, 0.1) is 12.1 Å². The van der Waals surface area contributed by atoms with Crippen molar-refractivity contribution in [2.24, 2.45) is 5.92 Å². The second kappa shape index (κ2) is 7.42. The third kappa shape index (κ3) is 4.02. The molecule has 1 aliphatic rings. The van der Waals surface area contributed by atoms with Crippen molar-refractivity contribution in [3.8, 4) is 0 Å². The number of carbonyl (C=O) groups is 2.